The Morgan fingerprint density at radius 2 is 1.94 bits per heavy atom. The maximum Gasteiger partial charge on any atom is 0.331 e. The lowest BCUT2D eigenvalue weighted by atomic mass is 10.2. The van der Waals surface area contributed by atoms with Gasteiger partial charge in [0.05, 0.1) is 4.90 Å². The summed E-state index contributed by atoms with van der Waals surface area (Å²) in [4.78, 5) is 16.1. The van der Waals surface area contributed by atoms with Gasteiger partial charge in [0.1, 0.15) is 0 Å². The lowest BCUT2D eigenvalue weighted by Crippen LogP contribution is -2.26. The number of sulfonamides is 1. The molecule has 0 aromatic heterocycles. The third-order valence-corrected chi connectivity index (χ3v) is 2.93. The zero-order chi connectivity index (χ0) is 12.2. The maximum absolute atomic E-state index is 11.5. The second kappa shape index (κ2) is 5.06. The predicted octanol–water partition coefficient (Wildman–Crippen LogP) is 0.290. The van der Waals surface area contributed by atoms with E-state index in [1.807, 2.05) is 6.92 Å². The van der Waals surface area contributed by atoms with Gasteiger partial charge < -0.3 is 5.11 Å². The predicted molar refractivity (Wildman–Crippen MR) is 55.1 cm³/mol. The highest BCUT2D eigenvalue weighted by molar-refractivity contribution is 7.89. The van der Waals surface area contributed by atoms with Crippen LogP contribution in [0, 0.1) is 6.92 Å². The molecule has 88 valence electrons. The highest BCUT2D eigenvalue weighted by atomic mass is 32.2. The Labute approximate surface area is 92.9 Å². The van der Waals surface area contributed by atoms with E-state index < -0.39 is 22.6 Å². The molecule has 0 aliphatic rings. The largest absolute Gasteiger partial charge is 0.479 e. The van der Waals surface area contributed by atoms with Crippen LogP contribution in [-0.2, 0) is 19.7 Å². The molecule has 0 radical (unpaired) electrons. The first-order valence-corrected chi connectivity index (χ1v) is 5.82. The number of nitrogens with one attached hydrogen (secondary N) is 1. The quantitative estimate of drug-likeness (QED) is 0.727. The lowest BCUT2D eigenvalue weighted by Gasteiger charge is -2.05. The average Bonchev–Trinajstić information content (AvgIpc) is 2.17. The van der Waals surface area contributed by atoms with Crippen LogP contribution < -0.4 is 4.89 Å². The molecule has 0 atom stereocenters. The Bertz CT molecular complexity index is 465. The highest BCUT2D eigenvalue weighted by Gasteiger charge is 2.14. The van der Waals surface area contributed by atoms with E-state index in [-0.39, 0.29) is 4.90 Å². The van der Waals surface area contributed by atoms with Crippen molar-refractivity contribution in [1.82, 2.24) is 4.89 Å². The number of carbonyl (C=O) groups is 1. The average molecular weight is 245 g/mol. The molecule has 0 saturated carbocycles. The molecule has 0 fully saturated rings. The van der Waals surface area contributed by atoms with Gasteiger partial charge in [-0.05, 0) is 19.1 Å². The zero-order valence-corrected chi connectivity index (χ0v) is 9.32. The molecule has 0 saturated heterocycles. The van der Waals surface area contributed by atoms with Crippen molar-refractivity contribution in [3.05, 3.63) is 29.8 Å². The van der Waals surface area contributed by atoms with E-state index in [4.69, 9.17) is 5.11 Å². The monoisotopic (exact) mass is 245 g/mol. The molecule has 6 nitrogen and oxygen atoms in total. The minimum absolute atomic E-state index is 0.0171. The molecule has 0 heterocycles. The van der Waals surface area contributed by atoms with E-state index >= 15 is 0 Å². The van der Waals surface area contributed by atoms with Gasteiger partial charge in [0.15, 0.2) is 6.61 Å². The SMILES string of the molecule is Cc1ccc(S(=O)(=O)NOCC(=O)O)cc1. The van der Waals surface area contributed by atoms with Crippen LogP contribution in [0.15, 0.2) is 29.2 Å². The first kappa shape index (κ1) is 12.6. The van der Waals surface area contributed by atoms with Gasteiger partial charge in [-0.15, -0.1) is 0 Å². The zero-order valence-electron chi connectivity index (χ0n) is 8.50. The Morgan fingerprint density at radius 1 is 1.38 bits per heavy atom. The number of carboxylic acids is 1. The lowest BCUT2D eigenvalue weighted by molar-refractivity contribution is -0.143. The normalized spacial score (nSPS) is 11.3. The van der Waals surface area contributed by atoms with E-state index in [1.54, 1.807) is 17.0 Å². The molecule has 0 unspecified atom stereocenters. The number of hydrogen-bond donors (Lipinski definition) is 2. The van der Waals surface area contributed by atoms with E-state index in [0.717, 1.165) is 5.56 Å². The smallest absolute Gasteiger partial charge is 0.331 e. The van der Waals surface area contributed by atoms with Gasteiger partial charge in [-0.1, -0.05) is 22.6 Å². The molecule has 0 amide bonds. The minimum Gasteiger partial charge on any atom is -0.479 e. The molecule has 1 rings (SSSR count). The van der Waals surface area contributed by atoms with Crippen molar-refractivity contribution in [2.24, 2.45) is 0 Å². The second-order valence-corrected chi connectivity index (χ2v) is 4.73. The van der Waals surface area contributed by atoms with Crippen molar-refractivity contribution in [2.45, 2.75) is 11.8 Å². The summed E-state index contributed by atoms with van der Waals surface area (Å²) in [6.45, 7) is 1.09. The molecule has 2 N–H and O–H groups in total. The van der Waals surface area contributed by atoms with Gasteiger partial charge in [-0.25, -0.2) is 13.2 Å². The van der Waals surface area contributed by atoms with E-state index in [9.17, 15) is 13.2 Å². The Balaban J connectivity index is 2.71. The fourth-order valence-corrected chi connectivity index (χ4v) is 1.74. The standard InChI is InChI=1S/C9H11NO5S/c1-7-2-4-8(5-3-7)16(13,14)10-15-6-9(11)12/h2-5,10H,6H2,1H3,(H,11,12). The van der Waals surface area contributed by atoms with Gasteiger partial charge in [-0.2, -0.15) is 0 Å². The van der Waals surface area contributed by atoms with Crippen molar-refractivity contribution in [3.8, 4) is 0 Å². The fraction of sp³-hybridized carbons (Fsp3) is 0.222. The molecule has 1 aromatic carbocycles. The molecular formula is C9H11NO5S. The van der Waals surface area contributed by atoms with Crippen LogP contribution in [-0.4, -0.2) is 26.1 Å². The first-order valence-electron chi connectivity index (χ1n) is 4.34. The maximum atomic E-state index is 11.5. The van der Waals surface area contributed by atoms with Crippen molar-refractivity contribution in [2.75, 3.05) is 6.61 Å². The molecule has 0 aliphatic heterocycles. The van der Waals surface area contributed by atoms with E-state index in [1.165, 1.54) is 12.1 Å². The van der Waals surface area contributed by atoms with Gasteiger partial charge in [0.2, 0.25) is 0 Å². The van der Waals surface area contributed by atoms with Gasteiger partial charge in [-0.3, -0.25) is 4.84 Å². The fourth-order valence-electron chi connectivity index (χ4n) is 0.934. The van der Waals surface area contributed by atoms with Crippen molar-refractivity contribution in [3.63, 3.8) is 0 Å². The molecule has 0 aliphatic carbocycles. The number of hydrogen-bond acceptors (Lipinski definition) is 4. The van der Waals surface area contributed by atoms with Crippen LogP contribution in [0.1, 0.15) is 5.56 Å². The summed E-state index contributed by atoms with van der Waals surface area (Å²) < 4.78 is 23.0. The van der Waals surface area contributed by atoms with E-state index in [2.05, 4.69) is 4.84 Å². The molecule has 1 aromatic rings. The number of aliphatic carboxylic acids is 1. The highest BCUT2D eigenvalue weighted by Crippen LogP contribution is 2.09. The molecule has 16 heavy (non-hydrogen) atoms. The number of benzene rings is 1. The Kier molecular flexibility index (Phi) is 3.99. The summed E-state index contributed by atoms with van der Waals surface area (Å²) in [5, 5.41) is 8.26. The van der Waals surface area contributed by atoms with Gasteiger partial charge in [0, 0.05) is 0 Å². The summed E-state index contributed by atoms with van der Waals surface area (Å²) in [6.07, 6.45) is 0. The van der Waals surface area contributed by atoms with Crippen molar-refractivity contribution < 1.29 is 23.2 Å². The Morgan fingerprint density at radius 3 is 2.44 bits per heavy atom. The molecule has 0 bridgehead atoms. The van der Waals surface area contributed by atoms with Crippen LogP contribution in [0.4, 0.5) is 0 Å². The topological polar surface area (TPSA) is 92.7 Å². The first-order chi connectivity index (χ1) is 7.42. The van der Waals surface area contributed by atoms with Crippen LogP contribution in [0.25, 0.3) is 0 Å². The van der Waals surface area contributed by atoms with Crippen LogP contribution in [0.2, 0.25) is 0 Å². The third kappa shape index (κ3) is 3.61. The summed E-state index contributed by atoms with van der Waals surface area (Å²) in [7, 11) is -3.81. The molecule has 0 spiro atoms. The summed E-state index contributed by atoms with van der Waals surface area (Å²) in [5.74, 6) is -1.26. The Hall–Kier alpha value is -1.44. The summed E-state index contributed by atoms with van der Waals surface area (Å²) in [5.41, 5.74) is 0.922. The number of rotatable bonds is 5. The van der Waals surface area contributed by atoms with Gasteiger partial charge >= 0.3 is 5.97 Å². The van der Waals surface area contributed by atoms with Gasteiger partial charge in [0.25, 0.3) is 10.0 Å². The number of carboxylic acid groups (broad SMARTS) is 1. The molecule has 7 heteroatoms. The van der Waals surface area contributed by atoms with Crippen LogP contribution in [0.3, 0.4) is 0 Å². The molecular weight excluding hydrogens is 234 g/mol. The summed E-state index contributed by atoms with van der Waals surface area (Å²) >= 11 is 0. The van der Waals surface area contributed by atoms with Crippen molar-refractivity contribution >= 4 is 16.0 Å². The van der Waals surface area contributed by atoms with Crippen LogP contribution in [0.5, 0.6) is 0 Å². The third-order valence-electron chi connectivity index (χ3n) is 1.70. The second-order valence-electron chi connectivity index (χ2n) is 3.08. The van der Waals surface area contributed by atoms with Crippen LogP contribution >= 0.6 is 0 Å². The minimum atomic E-state index is -3.81. The van der Waals surface area contributed by atoms with Crippen molar-refractivity contribution in [1.29, 1.82) is 0 Å². The summed E-state index contributed by atoms with van der Waals surface area (Å²) in [6, 6.07) is 6.07. The number of aryl methyl sites for hydroxylation is 1. The van der Waals surface area contributed by atoms with E-state index in [0.29, 0.717) is 0 Å².